The zero-order chi connectivity index (χ0) is 21.6. The van der Waals surface area contributed by atoms with Crippen LogP contribution >= 0.6 is 11.8 Å². The molecule has 6 heteroatoms. The number of hydrogen-bond donors (Lipinski definition) is 1. The van der Waals surface area contributed by atoms with Crippen molar-refractivity contribution < 1.29 is 9.53 Å². The summed E-state index contributed by atoms with van der Waals surface area (Å²) in [5.41, 5.74) is 3.73. The van der Waals surface area contributed by atoms with Crippen molar-refractivity contribution in [3.8, 4) is 5.75 Å². The first-order valence-electron chi connectivity index (χ1n) is 10.2. The molecule has 0 saturated heterocycles. The molecule has 4 aromatic rings. The van der Waals surface area contributed by atoms with Gasteiger partial charge in [0.1, 0.15) is 11.4 Å². The topological polar surface area (TPSA) is 55.6 Å². The molecule has 0 saturated carbocycles. The summed E-state index contributed by atoms with van der Waals surface area (Å²) >= 11 is 1.63. The second-order valence-corrected chi connectivity index (χ2v) is 8.43. The average Bonchev–Trinajstić information content (AvgIpc) is 3.21. The van der Waals surface area contributed by atoms with Crippen LogP contribution in [-0.4, -0.2) is 28.4 Å². The second kappa shape index (κ2) is 9.71. The van der Waals surface area contributed by atoms with E-state index < -0.39 is 0 Å². The lowest BCUT2D eigenvalue weighted by atomic mass is 10.1. The van der Waals surface area contributed by atoms with Crippen LogP contribution in [0.4, 0.5) is 0 Å². The van der Waals surface area contributed by atoms with Crippen LogP contribution in [0.25, 0.3) is 5.65 Å². The van der Waals surface area contributed by atoms with Crippen LogP contribution in [0.5, 0.6) is 5.75 Å². The standard InChI is InChI=1S/C25H25N3O2S/c1-18(14-19-8-7-9-21(15-19)30-2)26-25(29)22-10-3-4-11-23(22)31-17-20-16-28-13-6-5-12-24(28)27-20/h3-13,15-16,18H,14,17H2,1-2H3,(H,26,29). The normalized spacial score (nSPS) is 11.9. The molecule has 1 N–H and O–H groups in total. The molecule has 31 heavy (non-hydrogen) atoms. The van der Waals surface area contributed by atoms with E-state index in [9.17, 15) is 4.79 Å². The van der Waals surface area contributed by atoms with Crippen LogP contribution in [0.3, 0.4) is 0 Å². The monoisotopic (exact) mass is 431 g/mol. The minimum Gasteiger partial charge on any atom is -0.497 e. The molecular formula is C25H25N3O2S. The molecule has 0 aliphatic carbocycles. The predicted octanol–water partition coefficient (Wildman–Crippen LogP) is 5.00. The van der Waals surface area contributed by atoms with Gasteiger partial charge in [-0.05, 0) is 55.3 Å². The highest BCUT2D eigenvalue weighted by atomic mass is 32.2. The second-order valence-electron chi connectivity index (χ2n) is 7.41. The third-order valence-corrected chi connectivity index (χ3v) is 6.08. The van der Waals surface area contributed by atoms with E-state index in [1.807, 2.05) is 90.4 Å². The maximum absolute atomic E-state index is 13.0. The number of carbonyl (C=O) groups excluding carboxylic acids is 1. The van der Waals surface area contributed by atoms with Crippen molar-refractivity contribution in [3.63, 3.8) is 0 Å². The van der Waals surface area contributed by atoms with Gasteiger partial charge in [-0.15, -0.1) is 11.8 Å². The van der Waals surface area contributed by atoms with Crippen molar-refractivity contribution in [3.05, 3.63) is 95.9 Å². The Morgan fingerprint density at radius 3 is 2.81 bits per heavy atom. The van der Waals surface area contributed by atoms with E-state index in [2.05, 4.69) is 10.3 Å². The van der Waals surface area contributed by atoms with E-state index in [1.54, 1.807) is 18.9 Å². The van der Waals surface area contributed by atoms with Gasteiger partial charge in [0.2, 0.25) is 0 Å². The Bertz CT molecular complexity index is 1160. The van der Waals surface area contributed by atoms with E-state index in [1.165, 1.54) is 0 Å². The highest BCUT2D eigenvalue weighted by Gasteiger charge is 2.15. The highest BCUT2D eigenvalue weighted by molar-refractivity contribution is 7.98. The Hall–Kier alpha value is -3.25. The lowest BCUT2D eigenvalue weighted by Gasteiger charge is -2.16. The molecule has 2 heterocycles. The Morgan fingerprint density at radius 2 is 1.97 bits per heavy atom. The maximum Gasteiger partial charge on any atom is 0.252 e. The number of thioether (sulfide) groups is 1. The molecule has 1 atom stereocenters. The summed E-state index contributed by atoms with van der Waals surface area (Å²) in [6.07, 6.45) is 4.75. The summed E-state index contributed by atoms with van der Waals surface area (Å²) in [6.45, 7) is 2.02. The quantitative estimate of drug-likeness (QED) is 0.399. The number of carbonyl (C=O) groups is 1. The maximum atomic E-state index is 13.0. The average molecular weight is 432 g/mol. The lowest BCUT2D eigenvalue weighted by Crippen LogP contribution is -2.34. The van der Waals surface area contributed by atoms with Gasteiger partial charge in [-0.3, -0.25) is 4.79 Å². The molecule has 158 valence electrons. The van der Waals surface area contributed by atoms with Crippen molar-refractivity contribution >= 4 is 23.3 Å². The molecule has 1 amide bonds. The smallest absolute Gasteiger partial charge is 0.252 e. The Labute approximate surface area is 186 Å². The summed E-state index contributed by atoms with van der Waals surface area (Å²) in [6, 6.07) is 21.6. The molecule has 0 radical (unpaired) electrons. The van der Waals surface area contributed by atoms with Gasteiger partial charge < -0.3 is 14.5 Å². The van der Waals surface area contributed by atoms with Gasteiger partial charge in [0, 0.05) is 29.1 Å². The summed E-state index contributed by atoms with van der Waals surface area (Å²) in [5.74, 6) is 1.46. The van der Waals surface area contributed by atoms with E-state index >= 15 is 0 Å². The SMILES string of the molecule is COc1cccc(CC(C)NC(=O)c2ccccc2SCc2cn3ccccc3n2)c1. The molecule has 0 spiro atoms. The molecule has 2 aromatic heterocycles. The van der Waals surface area contributed by atoms with E-state index in [4.69, 9.17) is 4.74 Å². The lowest BCUT2D eigenvalue weighted by molar-refractivity contribution is 0.0937. The minimum absolute atomic E-state index is 0.00361. The number of fused-ring (bicyclic) bond motifs is 1. The first-order chi connectivity index (χ1) is 15.1. The van der Waals surface area contributed by atoms with E-state index in [0.29, 0.717) is 11.3 Å². The van der Waals surface area contributed by atoms with Crippen LogP contribution in [0.1, 0.15) is 28.5 Å². The van der Waals surface area contributed by atoms with Gasteiger partial charge in [-0.1, -0.05) is 30.3 Å². The van der Waals surface area contributed by atoms with Crippen LogP contribution < -0.4 is 10.1 Å². The molecule has 5 nitrogen and oxygen atoms in total. The number of methoxy groups -OCH3 is 1. The Balaban J connectivity index is 1.41. The van der Waals surface area contributed by atoms with Crippen molar-refractivity contribution in [2.24, 2.45) is 0 Å². The highest BCUT2D eigenvalue weighted by Crippen LogP contribution is 2.26. The number of imidazole rings is 1. The van der Waals surface area contributed by atoms with Gasteiger partial charge in [0.15, 0.2) is 0 Å². The molecule has 1 unspecified atom stereocenters. The first kappa shape index (κ1) is 21.0. The number of amides is 1. The fourth-order valence-corrected chi connectivity index (χ4v) is 4.43. The fourth-order valence-electron chi connectivity index (χ4n) is 3.49. The Morgan fingerprint density at radius 1 is 1.13 bits per heavy atom. The van der Waals surface area contributed by atoms with Crippen LogP contribution in [0.15, 0.2) is 84.0 Å². The molecule has 0 fully saturated rings. The van der Waals surface area contributed by atoms with Crippen molar-refractivity contribution in [1.29, 1.82) is 0 Å². The number of benzene rings is 2. The van der Waals surface area contributed by atoms with Gasteiger partial charge in [-0.2, -0.15) is 0 Å². The largest absolute Gasteiger partial charge is 0.497 e. The van der Waals surface area contributed by atoms with Crippen molar-refractivity contribution in [1.82, 2.24) is 14.7 Å². The van der Waals surface area contributed by atoms with Gasteiger partial charge in [0.25, 0.3) is 5.91 Å². The summed E-state index contributed by atoms with van der Waals surface area (Å²) in [4.78, 5) is 18.6. The summed E-state index contributed by atoms with van der Waals surface area (Å²) in [5, 5.41) is 3.13. The third-order valence-electron chi connectivity index (χ3n) is 4.97. The fraction of sp³-hybridized carbons (Fsp3) is 0.200. The van der Waals surface area contributed by atoms with Gasteiger partial charge in [-0.25, -0.2) is 4.98 Å². The number of ether oxygens (including phenoxy) is 1. The summed E-state index contributed by atoms with van der Waals surface area (Å²) in [7, 11) is 1.66. The Kier molecular flexibility index (Phi) is 6.57. The number of aromatic nitrogens is 2. The molecule has 2 aromatic carbocycles. The summed E-state index contributed by atoms with van der Waals surface area (Å²) < 4.78 is 7.30. The molecular weight excluding hydrogens is 406 g/mol. The zero-order valence-corrected chi connectivity index (χ0v) is 18.4. The van der Waals surface area contributed by atoms with Crippen LogP contribution in [-0.2, 0) is 12.2 Å². The number of rotatable bonds is 8. The molecule has 0 bridgehead atoms. The zero-order valence-electron chi connectivity index (χ0n) is 17.6. The van der Waals surface area contributed by atoms with E-state index in [-0.39, 0.29) is 11.9 Å². The number of pyridine rings is 1. The number of hydrogen-bond acceptors (Lipinski definition) is 4. The van der Waals surface area contributed by atoms with E-state index in [0.717, 1.165) is 34.0 Å². The van der Waals surface area contributed by atoms with Crippen LogP contribution in [0.2, 0.25) is 0 Å². The van der Waals surface area contributed by atoms with Crippen molar-refractivity contribution in [2.75, 3.05) is 7.11 Å². The van der Waals surface area contributed by atoms with Gasteiger partial charge in [0.05, 0.1) is 18.4 Å². The molecule has 0 aliphatic heterocycles. The van der Waals surface area contributed by atoms with Crippen molar-refractivity contribution in [2.45, 2.75) is 30.0 Å². The molecule has 4 rings (SSSR count). The number of nitrogens with one attached hydrogen (secondary N) is 1. The predicted molar refractivity (Wildman–Crippen MR) is 125 cm³/mol. The molecule has 0 aliphatic rings. The third kappa shape index (κ3) is 5.27. The first-order valence-corrected chi connectivity index (χ1v) is 11.2. The van der Waals surface area contributed by atoms with Gasteiger partial charge >= 0.3 is 0 Å². The van der Waals surface area contributed by atoms with Crippen LogP contribution in [0, 0.1) is 0 Å². The minimum atomic E-state index is -0.0616. The number of nitrogens with zero attached hydrogens (tertiary/aromatic N) is 2.